The maximum Gasteiger partial charge on any atom is 0.262 e. The fourth-order valence-electron chi connectivity index (χ4n) is 1.78. The number of ether oxygens (including phenoxy) is 1. The van der Waals surface area contributed by atoms with Gasteiger partial charge in [0.25, 0.3) is 5.91 Å². The van der Waals surface area contributed by atoms with Gasteiger partial charge in [-0.3, -0.25) is 4.79 Å². The molecule has 20 heavy (non-hydrogen) atoms. The van der Waals surface area contributed by atoms with Gasteiger partial charge in [-0.25, -0.2) is 0 Å². The van der Waals surface area contributed by atoms with Gasteiger partial charge in [0.2, 0.25) is 0 Å². The molecule has 1 amide bonds. The Morgan fingerprint density at radius 2 is 1.95 bits per heavy atom. The van der Waals surface area contributed by atoms with Crippen LogP contribution in [0.3, 0.4) is 0 Å². The standard InChI is InChI=1S/C16H18N2O2/c1-2-12-6-8-15(9-7-12)20-11-16(19)18-14-5-3-4-13(17)10-14/h3-10H,2,11,17H2,1H3,(H,18,19). The minimum atomic E-state index is -0.213. The van der Waals surface area contributed by atoms with Gasteiger partial charge in [-0.2, -0.15) is 0 Å². The van der Waals surface area contributed by atoms with E-state index in [1.165, 1.54) is 5.56 Å². The molecule has 0 aliphatic carbocycles. The van der Waals surface area contributed by atoms with E-state index in [1.807, 2.05) is 24.3 Å². The van der Waals surface area contributed by atoms with Gasteiger partial charge in [0.15, 0.2) is 6.61 Å². The number of hydrogen-bond donors (Lipinski definition) is 2. The summed E-state index contributed by atoms with van der Waals surface area (Å²) in [6.07, 6.45) is 0.982. The van der Waals surface area contributed by atoms with Gasteiger partial charge < -0.3 is 15.8 Å². The summed E-state index contributed by atoms with van der Waals surface area (Å²) in [7, 11) is 0. The number of amides is 1. The van der Waals surface area contributed by atoms with Crippen LogP contribution in [0, 0.1) is 0 Å². The maximum absolute atomic E-state index is 11.7. The van der Waals surface area contributed by atoms with E-state index in [2.05, 4.69) is 12.2 Å². The van der Waals surface area contributed by atoms with Crippen LogP contribution in [0.2, 0.25) is 0 Å². The molecule has 3 N–H and O–H groups in total. The second-order valence-corrected chi connectivity index (χ2v) is 4.46. The predicted octanol–water partition coefficient (Wildman–Crippen LogP) is 2.85. The molecular weight excluding hydrogens is 252 g/mol. The number of carbonyl (C=O) groups is 1. The van der Waals surface area contributed by atoms with E-state index in [0.29, 0.717) is 17.1 Å². The molecule has 4 heteroatoms. The highest BCUT2D eigenvalue weighted by atomic mass is 16.5. The van der Waals surface area contributed by atoms with Crippen molar-refractivity contribution in [3.63, 3.8) is 0 Å². The fourth-order valence-corrected chi connectivity index (χ4v) is 1.78. The Morgan fingerprint density at radius 1 is 1.20 bits per heavy atom. The van der Waals surface area contributed by atoms with Crippen LogP contribution in [0.25, 0.3) is 0 Å². The minimum Gasteiger partial charge on any atom is -0.484 e. The lowest BCUT2D eigenvalue weighted by atomic mass is 10.2. The molecule has 0 aliphatic rings. The Hall–Kier alpha value is -2.49. The number of rotatable bonds is 5. The van der Waals surface area contributed by atoms with Crippen molar-refractivity contribution < 1.29 is 9.53 Å². The third-order valence-electron chi connectivity index (χ3n) is 2.87. The zero-order valence-corrected chi connectivity index (χ0v) is 11.4. The van der Waals surface area contributed by atoms with Gasteiger partial charge in [-0.1, -0.05) is 25.1 Å². The van der Waals surface area contributed by atoms with E-state index >= 15 is 0 Å². The highest BCUT2D eigenvalue weighted by Crippen LogP contribution is 2.14. The second kappa shape index (κ2) is 6.61. The molecule has 0 spiro atoms. The Kier molecular flexibility index (Phi) is 4.60. The van der Waals surface area contributed by atoms with Crippen LogP contribution in [-0.2, 0) is 11.2 Å². The average Bonchev–Trinajstić information content (AvgIpc) is 2.46. The van der Waals surface area contributed by atoms with E-state index < -0.39 is 0 Å². The fraction of sp³-hybridized carbons (Fsp3) is 0.188. The number of nitrogens with one attached hydrogen (secondary N) is 1. The van der Waals surface area contributed by atoms with Crippen LogP contribution < -0.4 is 15.8 Å². The summed E-state index contributed by atoms with van der Waals surface area (Å²) in [6, 6.07) is 14.8. The van der Waals surface area contributed by atoms with Crippen molar-refractivity contribution in [2.75, 3.05) is 17.7 Å². The minimum absolute atomic E-state index is 0.0275. The van der Waals surface area contributed by atoms with E-state index in [4.69, 9.17) is 10.5 Å². The average molecular weight is 270 g/mol. The molecule has 0 saturated heterocycles. The van der Waals surface area contributed by atoms with Crippen molar-refractivity contribution in [3.8, 4) is 5.75 Å². The van der Waals surface area contributed by atoms with Gasteiger partial charge in [0.1, 0.15) is 5.75 Å². The van der Waals surface area contributed by atoms with Crippen molar-refractivity contribution in [2.45, 2.75) is 13.3 Å². The van der Waals surface area contributed by atoms with Crippen LogP contribution in [0.1, 0.15) is 12.5 Å². The number of nitrogens with two attached hydrogens (primary N) is 1. The van der Waals surface area contributed by atoms with Crippen molar-refractivity contribution in [3.05, 3.63) is 54.1 Å². The Balaban J connectivity index is 1.85. The largest absolute Gasteiger partial charge is 0.484 e. The molecule has 2 aromatic rings. The summed E-state index contributed by atoms with van der Waals surface area (Å²) in [5, 5.41) is 2.73. The lowest BCUT2D eigenvalue weighted by molar-refractivity contribution is -0.118. The molecule has 0 aromatic heterocycles. The summed E-state index contributed by atoms with van der Waals surface area (Å²) < 4.78 is 5.43. The summed E-state index contributed by atoms with van der Waals surface area (Å²) in [5.41, 5.74) is 8.16. The number of nitrogen functional groups attached to an aromatic ring is 1. The molecule has 0 radical (unpaired) electrons. The van der Waals surface area contributed by atoms with Crippen LogP contribution >= 0.6 is 0 Å². The number of benzene rings is 2. The normalized spacial score (nSPS) is 10.1. The third kappa shape index (κ3) is 4.02. The zero-order valence-electron chi connectivity index (χ0n) is 11.4. The Bertz CT molecular complexity index is 579. The quantitative estimate of drug-likeness (QED) is 0.821. The van der Waals surface area contributed by atoms with Crippen LogP contribution in [0.5, 0.6) is 5.75 Å². The SMILES string of the molecule is CCc1ccc(OCC(=O)Nc2cccc(N)c2)cc1. The molecule has 0 fully saturated rings. The van der Waals surface area contributed by atoms with Gasteiger partial charge in [0.05, 0.1) is 0 Å². The number of carbonyl (C=O) groups excluding carboxylic acids is 1. The first-order valence-corrected chi connectivity index (χ1v) is 6.54. The molecule has 2 rings (SSSR count). The molecule has 2 aromatic carbocycles. The van der Waals surface area contributed by atoms with Crippen molar-refractivity contribution >= 4 is 17.3 Å². The topological polar surface area (TPSA) is 64.3 Å². The van der Waals surface area contributed by atoms with E-state index in [9.17, 15) is 4.79 Å². The molecular formula is C16H18N2O2. The van der Waals surface area contributed by atoms with E-state index in [0.717, 1.165) is 6.42 Å². The Labute approximate surface area is 118 Å². The molecule has 0 unspecified atom stereocenters. The molecule has 0 bridgehead atoms. The molecule has 0 saturated carbocycles. The second-order valence-electron chi connectivity index (χ2n) is 4.46. The number of aryl methyl sites for hydroxylation is 1. The van der Waals surface area contributed by atoms with Gasteiger partial charge in [-0.05, 0) is 42.3 Å². The molecule has 104 valence electrons. The lowest BCUT2D eigenvalue weighted by Gasteiger charge is -2.08. The van der Waals surface area contributed by atoms with Crippen LogP contribution in [0.4, 0.5) is 11.4 Å². The Morgan fingerprint density at radius 3 is 2.60 bits per heavy atom. The highest BCUT2D eigenvalue weighted by molar-refractivity contribution is 5.92. The monoisotopic (exact) mass is 270 g/mol. The first-order valence-electron chi connectivity index (χ1n) is 6.54. The lowest BCUT2D eigenvalue weighted by Crippen LogP contribution is -2.20. The van der Waals surface area contributed by atoms with E-state index in [-0.39, 0.29) is 12.5 Å². The number of hydrogen-bond acceptors (Lipinski definition) is 3. The van der Waals surface area contributed by atoms with Gasteiger partial charge >= 0.3 is 0 Å². The summed E-state index contributed by atoms with van der Waals surface area (Å²) >= 11 is 0. The van der Waals surface area contributed by atoms with Crippen molar-refractivity contribution in [1.82, 2.24) is 0 Å². The molecule has 0 atom stereocenters. The summed E-state index contributed by atoms with van der Waals surface area (Å²) in [6.45, 7) is 2.06. The first-order chi connectivity index (χ1) is 9.67. The number of anilines is 2. The first kappa shape index (κ1) is 13.9. The smallest absolute Gasteiger partial charge is 0.262 e. The molecule has 0 heterocycles. The van der Waals surface area contributed by atoms with Crippen molar-refractivity contribution in [2.24, 2.45) is 0 Å². The predicted molar refractivity (Wildman–Crippen MR) is 80.8 cm³/mol. The molecule has 0 aliphatic heterocycles. The third-order valence-corrected chi connectivity index (χ3v) is 2.87. The summed E-state index contributed by atoms with van der Waals surface area (Å²) in [5.74, 6) is 0.472. The van der Waals surface area contributed by atoms with E-state index in [1.54, 1.807) is 24.3 Å². The maximum atomic E-state index is 11.7. The zero-order chi connectivity index (χ0) is 14.4. The van der Waals surface area contributed by atoms with Crippen LogP contribution in [-0.4, -0.2) is 12.5 Å². The van der Waals surface area contributed by atoms with Gasteiger partial charge in [-0.15, -0.1) is 0 Å². The highest BCUT2D eigenvalue weighted by Gasteiger charge is 2.04. The molecule has 4 nitrogen and oxygen atoms in total. The van der Waals surface area contributed by atoms with Crippen LogP contribution in [0.15, 0.2) is 48.5 Å². The summed E-state index contributed by atoms with van der Waals surface area (Å²) in [4.78, 5) is 11.7. The van der Waals surface area contributed by atoms with Gasteiger partial charge in [0, 0.05) is 11.4 Å². The van der Waals surface area contributed by atoms with Crippen molar-refractivity contribution in [1.29, 1.82) is 0 Å².